The van der Waals surface area contributed by atoms with E-state index in [1.54, 1.807) is 7.11 Å². The Morgan fingerprint density at radius 3 is 1.40 bits per heavy atom. The molecule has 55 heavy (non-hydrogen) atoms. The minimum Gasteiger partial charge on any atom is -0.478 e. The number of rotatable bonds is 9. The number of ether oxygens (including phenoxy) is 3. The van der Waals surface area contributed by atoms with Crippen molar-refractivity contribution in [2.45, 2.75) is 109 Å². The Bertz CT molecular complexity index is 1550. The van der Waals surface area contributed by atoms with Crippen LogP contribution in [-0.4, -0.2) is 74.7 Å². The molecule has 14 nitrogen and oxygen atoms in total. The zero-order valence-corrected chi connectivity index (χ0v) is 31.9. The molecule has 0 atom stereocenters. The van der Waals surface area contributed by atoms with Gasteiger partial charge in [-0.2, -0.15) is 0 Å². The van der Waals surface area contributed by atoms with Gasteiger partial charge in [-0.05, 0) is 86.1 Å². The van der Waals surface area contributed by atoms with Crippen LogP contribution in [0.5, 0.6) is 0 Å². The quantitative estimate of drug-likeness (QED) is 0.108. The van der Waals surface area contributed by atoms with Crippen LogP contribution >= 0.6 is 0 Å². The maximum atomic E-state index is 12.0. The number of non-ortho nitro benzene ring substituents is 2. The normalized spacial score (nSPS) is 25.4. The van der Waals surface area contributed by atoms with Crippen LogP contribution < -0.4 is 0 Å². The fourth-order valence-electron chi connectivity index (χ4n) is 5.94. The highest BCUT2D eigenvalue weighted by Gasteiger charge is 2.33. The van der Waals surface area contributed by atoms with E-state index in [9.17, 15) is 29.8 Å². The van der Waals surface area contributed by atoms with E-state index in [0.29, 0.717) is 31.1 Å². The number of nitro groups is 2. The first-order chi connectivity index (χ1) is 26.1. The number of nitro benzene ring substituents is 2. The predicted molar refractivity (Wildman–Crippen MR) is 205 cm³/mol. The van der Waals surface area contributed by atoms with Gasteiger partial charge in [-0.15, -0.1) is 0 Å². The third-order valence-electron chi connectivity index (χ3n) is 9.65. The van der Waals surface area contributed by atoms with Crippen molar-refractivity contribution >= 4 is 23.3 Å². The number of carbonyl (C=O) groups is 2. The summed E-state index contributed by atoms with van der Waals surface area (Å²) in [6.45, 7) is 7.13. The Balaban J connectivity index is 0.000000215. The fourth-order valence-corrected chi connectivity index (χ4v) is 5.94. The summed E-state index contributed by atoms with van der Waals surface area (Å²) in [5, 5.41) is 46.4. The van der Waals surface area contributed by atoms with Crippen molar-refractivity contribution in [1.29, 1.82) is 0 Å². The van der Waals surface area contributed by atoms with Crippen molar-refractivity contribution < 1.29 is 49.0 Å². The largest absolute Gasteiger partial charge is 0.478 e. The second-order valence-electron chi connectivity index (χ2n) is 14.7. The van der Waals surface area contributed by atoms with Crippen molar-refractivity contribution in [2.24, 2.45) is 17.8 Å². The lowest BCUT2D eigenvalue weighted by Crippen LogP contribution is -2.38. The highest BCUT2D eigenvalue weighted by atomic mass is 16.6. The lowest BCUT2D eigenvalue weighted by molar-refractivity contribution is -0.385. The Morgan fingerprint density at radius 1 is 0.636 bits per heavy atom. The van der Waals surface area contributed by atoms with Crippen LogP contribution in [0.25, 0.3) is 0 Å². The average molecular weight is 767 g/mol. The van der Waals surface area contributed by atoms with Crippen molar-refractivity contribution in [3.63, 3.8) is 0 Å². The van der Waals surface area contributed by atoms with Crippen LogP contribution in [0.4, 0.5) is 11.4 Å². The van der Waals surface area contributed by atoms with Crippen LogP contribution in [-0.2, 0) is 20.8 Å². The van der Waals surface area contributed by atoms with Gasteiger partial charge in [0.15, 0.2) is 0 Å². The summed E-state index contributed by atoms with van der Waals surface area (Å²) < 4.78 is 16.2. The molecule has 7 rings (SSSR count). The summed E-state index contributed by atoms with van der Waals surface area (Å²) in [5.74, 6) is 0.950. The number of carbonyl (C=O) groups excluding carboxylic acids is 1. The number of hydrogen-bond acceptors (Lipinski definition) is 11. The number of aromatic carboxylic acids is 1. The number of carboxylic acid groups (broad SMARTS) is 1. The monoisotopic (exact) mass is 766 g/mol. The van der Waals surface area contributed by atoms with E-state index in [0.717, 1.165) is 61.1 Å². The molecule has 0 saturated heterocycles. The van der Waals surface area contributed by atoms with Gasteiger partial charge in [0, 0.05) is 44.2 Å². The lowest BCUT2D eigenvalue weighted by Gasteiger charge is -2.34. The van der Waals surface area contributed by atoms with Crippen molar-refractivity contribution in [2.75, 3.05) is 7.11 Å². The van der Waals surface area contributed by atoms with Gasteiger partial charge >= 0.3 is 11.9 Å². The number of methoxy groups -OCH3 is 1. The van der Waals surface area contributed by atoms with Gasteiger partial charge in [0.25, 0.3) is 11.4 Å². The van der Waals surface area contributed by atoms with E-state index >= 15 is 0 Å². The number of esters is 1. The summed E-state index contributed by atoms with van der Waals surface area (Å²) in [5.41, 5.74) is 1.31. The van der Waals surface area contributed by atoms with Gasteiger partial charge in [0.05, 0.1) is 52.0 Å². The predicted octanol–water partition coefficient (Wildman–Crippen LogP) is 7.78. The van der Waals surface area contributed by atoms with Crippen LogP contribution in [0.1, 0.15) is 98.4 Å². The van der Waals surface area contributed by atoms with E-state index in [1.165, 1.54) is 49.2 Å². The molecule has 14 heteroatoms. The van der Waals surface area contributed by atoms with Crippen LogP contribution in [0.2, 0.25) is 0 Å². The molecule has 0 aliphatic heterocycles. The molecule has 4 aliphatic rings. The standard InChI is InChI=1S/C18H17NO5.C7H5NO4.C6H12O.2C5H10O/c20-18(14-6-8-15(9-7-14)19(21)22)24-17-10-16(11-17)23-12-13-4-2-1-3-5-13;9-7(10)5-1-3-6(4-2-5)8(11)12;1-5-3-6(4-5)7-2;2*1-4-2-5(6)3-4/h1-9,16-17H,10-12H2;1-4H,(H,9,10);5-6H,3-4H2,1-2H3;2*4-6H,2-3H2,1H3. The molecule has 0 aromatic heterocycles. The average Bonchev–Trinajstić information content (AvgIpc) is 3.11. The molecule has 4 saturated carbocycles. The van der Waals surface area contributed by atoms with Gasteiger partial charge in [0.1, 0.15) is 6.10 Å². The number of aliphatic hydroxyl groups is 2. The molecule has 0 heterocycles. The molecule has 0 spiro atoms. The smallest absolute Gasteiger partial charge is 0.338 e. The summed E-state index contributed by atoms with van der Waals surface area (Å²) in [6.07, 6.45) is 8.62. The maximum absolute atomic E-state index is 12.0. The Morgan fingerprint density at radius 2 is 1.07 bits per heavy atom. The molecule has 0 radical (unpaired) electrons. The van der Waals surface area contributed by atoms with E-state index in [-0.39, 0.29) is 41.4 Å². The van der Waals surface area contributed by atoms with Gasteiger partial charge in [0.2, 0.25) is 0 Å². The number of hydrogen-bond donors (Lipinski definition) is 3. The first kappa shape index (κ1) is 44.6. The molecular formula is C41H54N2O12. The molecule has 300 valence electrons. The van der Waals surface area contributed by atoms with Crippen molar-refractivity contribution in [3.8, 4) is 0 Å². The minimum absolute atomic E-state index is 0.0417. The molecular weight excluding hydrogens is 712 g/mol. The SMILES string of the molecule is CC1CC(O)C1.CC1CC(O)C1.COC1CC(C)C1.O=C(O)c1ccc([N+](=O)[O-])cc1.O=C(OC1CC(OCc2ccccc2)C1)c1ccc([N+](=O)[O-])cc1. The molecule has 4 aliphatic carbocycles. The van der Waals surface area contributed by atoms with Gasteiger partial charge < -0.3 is 29.5 Å². The van der Waals surface area contributed by atoms with Crippen LogP contribution in [0.3, 0.4) is 0 Å². The summed E-state index contributed by atoms with van der Waals surface area (Å²) in [7, 11) is 1.79. The number of aliphatic hydroxyl groups excluding tert-OH is 2. The van der Waals surface area contributed by atoms with Gasteiger partial charge in [-0.1, -0.05) is 51.1 Å². The first-order valence-electron chi connectivity index (χ1n) is 18.6. The lowest BCUT2D eigenvalue weighted by atomic mass is 9.84. The van der Waals surface area contributed by atoms with E-state index in [2.05, 4.69) is 20.8 Å². The number of carboxylic acids is 1. The topological polar surface area (TPSA) is 209 Å². The molecule has 3 aromatic carbocycles. The second kappa shape index (κ2) is 22.6. The molecule has 0 bridgehead atoms. The number of benzene rings is 3. The van der Waals surface area contributed by atoms with Crippen molar-refractivity contribution in [3.05, 3.63) is 116 Å². The molecule has 0 unspecified atom stereocenters. The third kappa shape index (κ3) is 16.2. The van der Waals surface area contributed by atoms with Crippen molar-refractivity contribution in [1.82, 2.24) is 0 Å². The Hall–Kier alpha value is -4.76. The van der Waals surface area contributed by atoms with Crippen LogP contribution in [0.15, 0.2) is 78.9 Å². The van der Waals surface area contributed by atoms with E-state index in [1.807, 2.05) is 30.3 Å². The summed E-state index contributed by atoms with van der Waals surface area (Å²) >= 11 is 0. The highest BCUT2D eigenvalue weighted by Crippen LogP contribution is 2.29. The van der Waals surface area contributed by atoms with Gasteiger partial charge in [-0.3, -0.25) is 20.2 Å². The Kier molecular flexibility index (Phi) is 18.3. The zero-order valence-electron chi connectivity index (χ0n) is 31.9. The molecule has 3 N–H and O–H groups in total. The molecule has 4 fully saturated rings. The summed E-state index contributed by atoms with van der Waals surface area (Å²) in [6, 6.07) is 20.0. The minimum atomic E-state index is -1.09. The molecule has 0 amide bonds. The summed E-state index contributed by atoms with van der Waals surface area (Å²) in [4.78, 5) is 41.9. The van der Waals surface area contributed by atoms with Gasteiger partial charge in [-0.25, -0.2) is 9.59 Å². The number of nitrogens with zero attached hydrogens (tertiary/aromatic N) is 2. The second-order valence-corrected chi connectivity index (χ2v) is 14.7. The fraction of sp³-hybridized carbons (Fsp3) is 0.512. The maximum Gasteiger partial charge on any atom is 0.338 e. The highest BCUT2D eigenvalue weighted by molar-refractivity contribution is 5.89. The van der Waals surface area contributed by atoms with E-state index in [4.69, 9.17) is 29.5 Å². The van der Waals surface area contributed by atoms with E-state index < -0.39 is 21.8 Å². The first-order valence-corrected chi connectivity index (χ1v) is 18.6. The molecule has 3 aromatic rings. The third-order valence-corrected chi connectivity index (χ3v) is 9.65. The van der Waals surface area contributed by atoms with Crippen LogP contribution in [0, 0.1) is 38.0 Å². The Labute approximate surface area is 321 Å². The zero-order chi connectivity index (χ0) is 40.5.